The lowest BCUT2D eigenvalue weighted by Gasteiger charge is -2.23. The number of esters is 1. The van der Waals surface area contributed by atoms with Gasteiger partial charge in [-0.25, -0.2) is 4.79 Å². The van der Waals surface area contributed by atoms with Crippen LogP contribution < -0.4 is 4.74 Å². The smallest absolute Gasteiger partial charge is 0.346 e. The molecule has 1 aliphatic heterocycles. The third-order valence-electron chi connectivity index (χ3n) is 4.22. The van der Waals surface area contributed by atoms with E-state index in [2.05, 4.69) is 0 Å². The number of benzene rings is 2. The van der Waals surface area contributed by atoms with E-state index in [1.165, 1.54) is 0 Å². The van der Waals surface area contributed by atoms with Gasteiger partial charge in [0.2, 0.25) is 5.60 Å². The Morgan fingerprint density at radius 2 is 1.64 bits per heavy atom. The molecule has 1 saturated heterocycles. The molecule has 4 heteroatoms. The van der Waals surface area contributed by atoms with Gasteiger partial charge in [-0.3, -0.25) is 0 Å². The van der Waals surface area contributed by atoms with Gasteiger partial charge < -0.3 is 14.2 Å². The standard InChI is InChI=1S/C21H24O4/c1-14-6-10-16(11-7-14)21(19(22)25-20(2,3)4)18(24-21)15-8-12-17(23-5)13-9-15/h6-13,18H,1-5H3. The topological polar surface area (TPSA) is 48.1 Å². The van der Waals surface area contributed by atoms with Gasteiger partial charge in [-0.15, -0.1) is 0 Å². The average Bonchev–Trinajstić information content (AvgIpc) is 3.31. The second kappa shape index (κ2) is 6.19. The Labute approximate surface area is 148 Å². The SMILES string of the molecule is COc1ccc(C2OC2(C(=O)OC(C)(C)C)c2ccc(C)cc2)cc1. The van der Waals surface area contributed by atoms with Crippen LogP contribution in [0, 0.1) is 6.92 Å². The second-order valence-corrected chi connectivity index (χ2v) is 7.37. The zero-order chi connectivity index (χ0) is 18.2. The van der Waals surface area contributed by atoms with Gasteiger partial charge in [0.15, 0.2) is 0 Å². The third-order valence-corrected chi connectivity index (χ3v) is 4.22. The highest BCUT2D eigenvalue weighted by Crippen LogP contribution is 2.58. The van der Waals surface area contributed by atoms with E-state index >= 15 is 0 Å². The van der Waals surface area contributed by atoms with Gasteiger partial charge in [-0.1, -0.05) is 42.0 Å². The molecule has 1 heterocycles. The number of hydrogen-bond donors (Lipinski definition) is 0. The van der Waals surface area contributed by atoms with Crippen LogP contribution in [0.4, 0.5) is 0 Å². The fraction of sp³-hybridized carbons (Fsp3) is 0.381. The van der Waals surface area contributed by atoms with E-state index in [1.807, 2.05) is 76.2 Å². The van der Waals surface area contributed by atoms with Crippen molar-refractivity contribution in [3.8, 4) is 5.75 Å². The Balaban J connectivity index is 1.96. The lowest BCUT2D eigenvalue weighted by Crippen LogP contribution is -2.33. The van der Waals surface area contributed by atoms with Crippen LogP contribution >= 0.6 is 0 Å². The fourth-order valence-corrected chi connectivity index (χ4v) is 2.88. The Morgan fingerprint density at radius 3 is 2.16 bits per heavy atom. The Kier molecular flexibility index (Phi) is 4.33. The number of epoxide rings is 1. The molecule has 2 aromatic carbocycles. The summed E-state index contributed by atoms with van der Waals surface area (Å²) in [7, 11) is 1.62. The molecule has 2 aromatic rings. The van der Waals surface area contributed by atoms with E-state index in [1.54, 1.807) is 7.11 Å². The first kappa shape index (κ1) is 17.5. The minimum absolute atomic E-state index is 0.357. The fourth-order valence-electron chi connectivity index (χ4n) is 2.88. The van der Waals surface area contributed by atoms with E-state index in [4.69, 9.17) is 14.2 Å². The molecule has 0 radical (unpaired) electrons. The molecule has 132 valence electrons. The Hall–Kier alpha value is -2.33. The number of hydrogen-bond acceptors (Lipinski definition) is 4. The van der Waals surface area contributed by atoms with Gasteiger partial charge in [0.1, 0.15) is 17.5 Å². The third kappa shape index (κ3) is 3.40. The van der Waals surface area contributed by atoms with Gasteiger partial charge in [0.05, 0.1) is 7.11 Å². The summed E-state index contributed by atoms with van der Waals surface area (Å²) >= 11 is 0. The molecule has 2 unspecified atom stereocenters. The van der Waals surface area contributed by atoms with Gasteiger partial charge in [0.25, 0.3) is 0 Å². The molecule has 0 spiro atoms. The van der Waals surface area contributed by atoms with Crippen molar-refractivity contribution in [1.82, 2.24) is 0 Å². The largest absolute Gasteiger partial charge is 0.497 e. The van der Waals surface area contributed by atoms with Crippen molar-refractivity contribution >= 4 is 5.97 Å². The van der Waals surface area contributed by atoms with E-state index < -0.39 is 11.2 Å². The summed E-state index contributed by atoms with van der Waals surface area (Å²) in [5.74, 6) is 0.410. The normalized spacial score (nSPS) is 22.4. The highest BCUT2D eigenvalue weighted by Gasteiger charge is 2.66. The molecule has 0 aliphatic carbocycles. The summed E-state index contributed by atoms with van der Waals surface area (Å²) in [6.07, 6.45) is -0.365. The number of methoxy groups -OCH3 is 1. The molecular weight excluding hydrogens is 316 g/mol. The summed E-state index contributed by atoms with van der Waals surface area (Å²) in [5.41, 5.74) is 1.20. The summed E-state index contributed by atoms with van der Waals surface area (Å²) in [5, 5.41) is 0. The van der Waals surface area contributed by atoms with E-state index in [0.29, 0.717) is 0 Å². The van der Waals surface area contributed by atoms with E-state index in [9.17, 15) is 4.79 Å². The van der Waals surface area contributed by atoms with Gasteiger partial charge in [0, 0.05) is 0 Å². The highest BCUT2D eigenvalue weighted by molar-refractivity contribution is 5.86. The van der Waals surface area contributed by atoms with Crippen LogP contribution in [0.15, 0.2) is 48.5 Å². The first-order valence-electron chi connectivity index (χ1n) is 8.38. The average molecular weight is 340 g/mol. The van der Waals surface area contributed by atoms with Crippen LogP contribution in [0.1, 0.15) is 43.6 Å². The number of carbonyl (C=O) groups excluding carboxylic acids is 1. The maximum absolute atomic E-state index is 13.0. The van der Waals surface area contributed by atoms with Crippen molar-refractivity contribution in [2.75, 3.05) is 7.11 Å². The molecule has 0 aromatic heterocycles. The minimum Gasteiger partial charge on any atom is -0.497 e. The van der Waals surface area contributed by atoms with E-state index in [-0.39, 0.29) is 12.1 Å². The number of aryl methyl sites for hydroxylation is 1. The lowest BCUT2D eigenvalue weighted by atomic mass is 9.91. The molecule has 3 rings (SSSR count). The summed E-state index contributed by atoms with van der Waals surface area (Å²) in [6, 6.07) is 15.4. The minimum atomic E-state index is -1.09. The summed E-state index contributed by atoms with van der Waals surface area (Å²) in [6.45, 7) is 7.59. The monoisotopic (exact) mass is 340 g/mol. The van der Waals surface area contributed by atoms with Crippen molar-refractivity contribution in [2.24, 2.45) is 0 Å². The van der Waals surface area contributed by atoms with Crippen molar-refractivity contribution in [3.63, 3.8) is 0 Å². The zero-order valence-electron chi connectivity index (χ0n) is 15.3. The molecule has 0 N–H and O–H groups in total. The number of ether oxygens (including phenoxy) is 3. The number of carbonyl (C=O) groups is 1. The molecule has 25 heavy (non-hydrogen) atoms. The first-order chi connectivity index (χ1) is 11.8. The predicted molar refractivity (Wildman–Crippen MR) is 95.5 cm³/mol. The predicted octanol–water partition coefficient (Wildman–Crippen LogP) is 4.31. The second-order valence-electron chi connectivity index (χ2n) is 7.37. The van der Waals surface area contributed by atoms with Crippen LogP contribution in [0.5, 0.6) is 5.75 Å². The summed E-state index contributed by atoms with van der Waals surface area (Å²) < 4.78 is 16.8. The molecular formula is C21H24O4. The molecule has 4 nitrogen and oxygen atoms in total. The molecule has 0 bridgehead atoms. The van der Waals surface area contributed by atoms with Gasteiger partial charge in [-0.2, -0.15) is 0 Å². The van der Waals surface area contributed by atoms with Crippen LogP contribution in [-0.2, 0) is 19.9 Å². The zero-order valence-corrected chi connectivity index (χ0v) is 15.3. The molecule has 1 fully saturated rings. The first-order valence-corrected chi connectivity index (χ1v) is 8.38. The van der Waals surface area contributed by atoms with Crippen LogP contribution in [0.3, 0.4) is 0 Å². The molecule has 2 atom stereocenters. The Bertz CT molecular complexity index is 756. The molecule has 0 amide bonds. The van der Waals surface area contributed by atoms with Crippen molar-refractivity contribution in [1.29, 1.82) is 0 Å². The van der Waals surface area contributed by atoms with Crippen LogP contribution in [-0.4, -0.2) is 18.7 Å². The van der Waals surface area contributed by atoms with Gasteiger partial charge in [-0.05, 0) is 51.0 Å². The van der Waals surface area contributed by atoms with Crippen molar-refractivity contribution in [3.05, 3.63) is 65.2 Å². The van der Waals surface area contributed by atoms with Crippen molar-refractivity contribution < 1.29 is 19.0 Å². The lowest BCUT2D eigenvalue weighted by molar-refractivity contribution is -0.162. The van der Waals surface area contributed by atoms with E-state index in [0.717, 1.165) is 22.4 Å². The number of rotatable bonds is 4. The Morgan fingerprint density at radius 1 is 1.04 bits per heavy atom. The molecule has 0 saturated carbocycles. The van der Waals surface area contributed by atoms with Gasteiger partial charge >= 0.3 is 5.97 Å². The maximum Gasteiger partial charge on any atom is 0.346 e. The van der Waals surface area contributed by atoms with Crippen molar-refractivity contribution in [2.45, 2.75) is 45.0 Å². The quantitative estimate of drug-likeness (QED) is 0.614. The summed E-state index contributed by atoms with van der Waals surface area (Å²) in [4.78, 5) is 13.0. The molecule has 1 aliphatic rings. The maximum atomic E-state index is 13.0. The van der Waals surface area contributed by atoms with Crippen LogP contribution in [0.2, 0.25) is 0 Å². The highest BCUT2D eigenvalue weighted by atomic mass is 16.7. The van der Waals surface area contributed by atoms with Crippen LogP contribution in [0.25, 0.3) is 0 Å².